The molecule has 0 saturated carbocycles. The monoisotopic (exact) mass is 270 g/mol. The van der Waals surface area contributed by atoms with Crippen molar-refractivity contribution < 1.29 is 14.7 Å². The number of carboxylic acids is 1. The molecule has 5 heteroatoms. The fourth-order valence-electron chi connectivity index (χ4n) is 2.71. The minimum Gasteiger partial charge on any atom is -0.480 e. The molecule has 1 aliphatic heterocycles. The second kappa shape index (κ2) is 6.78. The molecule has 0 aromatic carbocycles. The van der Waals surface area contributed by atoms with Crippen LogP contribution in [-0.4, -0.2) is 40.1 Å². The minimum atomic E-state index is -0.958. The van der Waals surface area contributed by atoms with E-state index in [0.717, 1.165) is 25.7 Å². The topological polar surface area (TPSA) is 69.6 Å². The Morgan fingerprint density at radius 3 is 2.26 bits per heavy atom. The summed E-state index contributed by atoms with van der Waals surface area (Å²) >= 11 is 0. The van der Waals surface area contributed by atoms with Crippen LogP contribution in [0.1, 0.15) is 53.4 Å². The van der Waals surface area contributed by atoms with Crippen LogP contribution in [0, 0.1) is 5.92 Å². The van der Waals surface area contributed by atoms with Crippen LogP contribution in [0.15, 0.2) is 0 Å². The number of carbonyl (C=O) groups excluding carboxylic acids is 1. The lowest BCUT2D eigenvalue weighted by atomic mass is 9.97. The number of likely N-dealkylation sites (tertiary alicyclic amines) is 1. The van der Waals surface area contributed by atoms with Crippen LogP contribution in [0.3, 0.4) is 0 Å². The molecule has 0 aliphatic carbocycles. The Hall–Kier alpha value is -1.26. The number of hydrogen-bond acceptors (Lipinski definition) is 2. The average Bonchev–Trinajstić information content (AvgIpc) is 2.34. The van der Waals surface area contributed by atoms with Crippen LogP contribution in [0.25, 0.3) is 0 Å². The highest BCUT2D eigenvalue weighted by molar-refractivity contribution is 5.83. The number of amides is 2. The molecular weight excluding hydrogens is 244 g/mol. The summed E-state index contributed by atoms with van der Waals surface area (Å²) in [6.45, 7) is 7.82. The molecule has 2 N–H and O–H groups in total. The normalized spacial score (nSPS) is 26.6. The van der Waals surface area contributed by atoms with Crippen molar-refractivity contribution in [2.45, 2.75) is 71.5 Å². The number of piperidine rings is 1. The Morgan fingerprint density at radius 2 is 1.84 bits per heavy atom. The summed E-state index contributed by atoms with van der Waals surface area (Å²) in [4.78, 5) is 25.3. The van der Waals surface area contributed by atoms with Crippen molar-refractivity contribution in [3.63, 3.8) is 0 Å². The fourth-order valence-corrected chi connectivity index (χ4v) is 2.71. The molecule has 0 aromatic heterocycles. The number of carboxylic acid groups (broad SMARTS) is 1. The Balaban J connectivity index is 2.73. The lowest BCUT2D eigenvalue weighted by Gasteiger charge is -2.39. The van der Waals surface area contributed by atoms with Gasteiger partial charge < -0.3 is 15.3 Å². The second-order valence-corrected chi connectivity index (χ2v) is 5.69. The van der Waals surface area contributed by atoms with Gasteiger partial charge in [-0.1, -0.05) is 20.3 Å². The first-order valence-electron chi connectivity index (χ1n) is 7.20. The summed E-state index contributed by atoms with van der Waals surface area (Å²) in [5, 5.41) is 11.9. The lowest BCUT2D eigenvalue weighted by Crippen LogP contribution is -2.56. The van der Waals surface area contributed by atoms with Gasteiger partial charge in [-0.15, -0.1) is 0 Å². The third-order valence-corrected chi connectivity index (χ3v) is 4.19. The summed E-state index contributed by atoms with van der Waals surface area (Å²) in [7, 11) is 0. The molecule has 110 valence electrons. The first kappa shape index (κ1) is 15.8. The van der Waals surface area contributed by atoms with E-state index in [0.29, 0.717) is 0 Å². The summed E-state index contributed by atoms with van der Waals surface area (Å²) in [6, 6.07) is -0.698. The number of carbonyl (C=O) groups is 2. The molecule has 1 fully saturated rings. The van der Waals surface area contributed by atoms with Crippen LogP contribution in [0.5, 0.6) is 0 Å². The number of rotatable bonds is 4. The van der Waals surface area contributed by atoms with E-state index in [1.54, 1.807) is 4.90 Å². The van der Waals surface area contributed by atoms with Crippen LogP contribution in [0.2, 0.25) is 0 Å². The maximum Gasteiger partial charge on any atom is 0.326 e. The summed E-state index contributed by atoms with van der Waals surface area (Å²) < 4.78 is 0. The molecule has 1 unspecified atom stereocenters. The third-order valence-electron chi connectivity index (χ3n) is 4.19. The molecule has 19 heavy (non-hydrogen) atoms. The lowest BCUT2D eigenvalue weighted by molar-refractivity contribution is -0.140. The zero-order chi connectivity index (χ0) is 14.6. The number of hydrogen-bond donors (Lipinski definition) is 2. The predicted octanol–water partition coefficient (Wildman–Crippen LogP) is 2.46. The molecule has 2 amide bonds. The zero-order valence-electron chi connectivity index (χ0n) is 12.3. The molecule has 0 aromatic rings. The standard InChI is InChI=1S/C14H26N2O3/c1-5-9(2)12(13(17)18)15-14(19)16-10(3)7-6-8-11(16)4/h9-12H,5-8H2,1-4H3,(H,15,19)(H,17,18)/t9?,10-,11+,12-/m0/s1. The van der Waals surface area contributed by atoms with Gasteiger partial charge in [0, 0.05) is 12.1 Å². The van der Waals surface area contributed by atoms with Gasteiger partial charge in [0.25, 0.3) is 0 Å². The van der Waals surface area contributed by atoms with Crippen LogP contribution in [-0.2, 0) is 4.79 Å². The first-order chi connectivity index (χ1) is 8.88. The van der Waals surface area contributed by atoms with Crippen molar-refractivity contribution in [3.8, 4) is 0 Å². The van der Waals surface area contributed by atoms with Gasteiger partial charge in [-0.05, 0) is 39.0 Å². The molecule has 0 radical (unpaired) electrons. The summed E-state index contributed by atoms with van der Waals surface area (Å²) in [6.07, 6.45) is 3.82. The van der Waals surface area contributed by atoms with Crippen LogP contribution in [0.4, 0.5) is 4.79 Å². The van der Waals surface area contributed by atoms with Gasteiger partial charge in [-0.25, -0.2) is 9.59 Å². The number of nitrogens with one attached hydrogen (secondary N) is 1. The maximum atomic E-state index is 12.3. The Morgan fingerprint density at radius 1 is 1.32 bits per heavy atom. The van der Waals surface area contributed by atoms with E-state index in [1.165, 1.54) is 0 Å². The van der Waals surface area contributed by atoms with E-state index in [4.69, 9.17) is 0 Å². The smallest absolute Gasteiger partial charge is 0.326 e. The molecule has 1 rings (SSSR count). The average molecular weight is 270 g/mol. The molecule has 1 aliphatic rings. The largest absolute Gasteiger partial charge is 0.480 e. The van der Waals surface area contributed by atoms with Crippen LogP contribution >= 0.6 is 0 Å². The highest BCUT2D eigenvalue weighted by atomic mass is 16.4. The number of aliphatic carboxylic acids is 1. The van der Waals surface area contributed by atoms with Gasteiger partial charge in [0.1, 0.15) is 6.04 Å². The van der Waals surface area contributed by atoms with Gasteiger partial charge in [-0.2, -0.15) is 0 Å². The maximum absolute atomic E-state index is 12.3. The predicted molar refractivity (Wildman–Crippen MR) is 74.0 cm³/mol. The second-order valence-electron chi connectivity index (χ2n) is 5.69. The van der Waals surface area contributed by atoms with E-state index in [2.05, 4.69) is 5.32 Å². The van der Waals surface area contributed by atoms with E-state index >= 15 is 0 Å². The highest BCUT2D eigenvalue weighted by Crippen LogP contribution is 2.22. The third kappa shape index (κ3) is 3.85. The molecule has 1 saturated heterocycles. The van der Waals surface area contributed by atoms with Gasteiger partial charge in [0.2, 0.25) is 0 Å². The molecule has 0 bridgehead atoms. The van der Waals surface area contributed by atoms with Crippen molar-refractivity contribution in [2.24, 2.45) is 5.92 Å². The Kier molecular flexibility index (Phi) is 5.63. The molecule has 1 heterocycles. The quantitative estimate of drug-likeness (QED) is 0.824. The van der Waals surface area contributed by atoms with Gasteiger partial charge in [0.05, 0.1) is 0 Å². The van der Waals surface area contributed by atoms with E-state index in [1.807, 2.05) is 27.7 Å². The van der Waals surface area contributed by atoms with Gasteiger partial charge in [0.15, 0.2) is 0 Å². The Labute approximate surface area is 115 Å². The van der Waals surface area contributed by atoms with Gasteiger partial charge >= 0.3 is 12.0 Å². The molecule has 0 spiro atoms. The molecular formula is C14H26N2O3. The van der Waals surface area contributed by atoms with Crippen LogP contribution < -0.4 is 5.32 Å². The minimum absolute atomic E-state index is 0.0724. The summed E-state index contributed by atoms with van der Waals surface area (Å²) in [5.41, 5.74) is 0. The van der Waals surface area contributed by atoms with Crippen molar-refractivity contribution in [2.75, 3.05) is 0 Å². The van der Waals surface area contributed by atoms with Crippen molar-refractivity contribution in [1.29, 1.82) is 0 Å². The molecule has 5 nitrogen and oxygen atoms in total. The van der Waals surface area contributed by atoms with Gasteiger partial charge in [-0.3, -0.25) is 0 Å². The van der Waals surface area contributed by atoms with Crippen molar-refractivity contribution in [1.82, 2.24) is 10.2 Å². The van der Waals surface area contributed by atoms with E-state index < -0.39 is 12.0 Å². The number of urea groups is 1. The number of nitrogens with zero attached hydrogens (tertiary/aromatic N) is 1. The fraction of sp³-hybridized carbons (Fsp3) is 0.857. The van der Waals surface area contributed by atoms with Crippen molar-refractivity contribution >= 4 is 12.0 Å². The highest BCUT2D eigenvalue weighted by Gasteiger charge is 2.33. The molecule has 4 atom stereocenters. The first-order valence-corrected chi connectivity index (χ1v) is 7.20. The van der Waals surface area contributed by atoms with E-state index in [9.17, 15) is 14.7 Å². The SMILES string of the molecule is CCC(C)[C@H](NC(=O)N1[C@H](C)CCC[C@@H]1C)C(=O)O. The zero-order valence-corrected chi connectivity index (χ0v) is 12.3. The summed E-state index contributed by atoms with van der Waals surface area (Å²) in [5.74, 6) is -1.03. The van der Waals surface area contributed by atoms with E-state index in [-0.39, 0.29) is 24.0 Å². The van der Waals surface area contributed by atoms with Crippen molar-refractivity contribution in [3.05, 3.63) is 0 Å². The Bertz CT molecular complexity index is 323.